The lowest BCUT2D eigenvalue weighted by Gasteiger charge is -2.39. The standard InChI is InChI=1S/C17H26N4O/c1-19(2)16(22)21-12-8-17(14-21)6-10-20(11-7-17)13-15-5-3-4-9-18-15/h3-5,9H,6-8,10-14H2,1-2H3. The number of piperidine rings is 1. The number of nitrogens with zero attached hydrogens (tertiary/aromatic N) is 4. The van der Waals surface area contributed by atoms with E-state index in [0.717, 1.165) is 44.8 Å². The zero-order valence-electron chi connectivity index (χ0n) is 13.7. The first-order chi connectivity index (χ1) is 10.6. The molecule has 2 saturated heterocycles. The van der Waals surface area contributed by atoms with Crippen LogP contribution in [0.1, 0.15) is 25.0 Å². The van der Waals surface area contributed by atoms with Crippen molar-refractivity contribution in [2.45, 2.75) is 25.8 Å². The fourth-order valence-corrected chi connectivity index (χ4v) is 3.70. The maximum atomic E-state index is 12.1. The number of rotatable bonds is 2. The van der Waals surface area contributed by atoms with Crippen LogP contribution in [0.3, 0.4) is 0 Å². The first-order valence-corrected chi connectivity index (χ1v) is 8.17. The summed E-state index contributed by atoms with van der Waals surface area (Å²) in [6, 6.07) is 6.27. The number of hydrogen-bond acceptors (Lipinski definition) is 3. The third-order valence-electron chi connectivity index (χ3n) is 5.12. The highest BCUT2D eigenvalue weighted by molar-refractivity contribution is 5.74. The molecule has 0 aliphatic carbocycles. The van der Waals surface area contributed by atoms with Crippen molar-refractivity contribution in [3.8, 4) is 0 Å². The van der Waals surface area contributed by atoms with Crippen molar-refractivity contribution in [2.24, 2.45) is 5.41 Å². The molecule has 0 saturated carbocycles. The molecular formula is C17H26N4O. The van der Waals surface area contributed by atoms with Crippen LogP contribution in [0.5, 0.6) is 0 Å². The molecule has 1 aromatic heterocycles. The molecule has 0 bridgehead atoms. The van der Waals surface area contributed by atoms with E-state index in [4.69, 9.17) is 0 Å². The van der Waals surface area contributed by atoms with E-state index in [-0.39, 0.29) is 6.03 Å². The summed E-state index contributed by atoms with van der Waals surface area (Å²) in [5, 5.41) is 0. The average molecular weight is 302 g/mol. The lowest BCUT2D eigenvalue weighted by molar-refractivity contribution is 0.102. The molecule has 0 N–H and O–H groups in total. The number of aromatic nitrogens is 1. The van der Waals surface area contributed by atoms with Crippen LogP contribution < -0.4 is 0 Å². The van der Waals surface area contributed by atoms with Crippen LogP contribution >= 0.6 is 0 Å². The normalized spacial score (nSPS) is 21.3. The molecule has 0 aromatic carbocycles. The molecule has 2 amide bonds. The molecule has 3 heterocycles. The molecule has 5 heteroatoms. The number of pyridine rings is 1. The Bertz CT molecular complexity index is 509. The van der Waals surface area contributed by atoms with Gasteiger partial charge in [0.15, 0.2) is 0 Å². The lowest BCUT2D eigenvalue weighted by atomic mass is 9.78. The second-order valence-corrected chi connectivity index (χ2v) is 6.95. The van der Waals surface area contributed by atoms with Crippen LogP contribution in [0.4, 0.5) is 4.79 Å². The summed E-state index contributed by atoms with van der Waals surface area (Å²) in [6.45, 7) is 5.01. The van der Waals surface area contributed by atoms with Gasteiger partial charge >= 0.3 is 6.03 Å². The molecule has 2 fully saturated rings. The van der Waals surface area contributed by atoms with Crippen LogP contribution in [0.2, 0.25) is 0 Å². The minimum absolute atomic E-state index is 0.160. The van der Waals surface area contributed by atoms with E-state index in [1.165, 1.54) is 12.8 Å². The Kier molecular flexibility index (Phi) is 4.34. The average Bonchev–Trinajstić information content (AvgIpc) is 2.94. The van der Waals surface area contributed by atoms with E-state index >= 15 is 0 Å². The summed E-state index contributed by atoms with van der Waals surface area (Å²) in [5.74, 6) is 0. The van der Waals surface area contributed by atoms with Crippen molar-refractivity contribution in [3.05, 3.63) is 30.1 Å². The minimum atomic E-state index is 0.160. The molecule has 22 heavy (non-hydrogen) atoms. The van der Waals surface area contributed by atoms with Gasteiger partial charge in [0.2, 0.25) is 0 Å². The zero-order chi connectivity index (χ0) is 15.6. The maximum absolute atomic E-state index is 12.1. The molecule has 0 unspecified atom stereocenters. The van der Waals surface area contributed by atoms with Gasteiger partial charge in [0.05, 0.1) is 5.69 Å². The molecule has 1 spiro atoms. The Balaban J connectivity index is 1.53. The van der Waals surface area contributed by atoms with Gasteiger partial charge in [-0.3, -0.25) is 9.88 Å². The summed E-state index contributed by atoms with van der Waals surface area (Å²) >= 11 is 0. The van der Waals surface area contributed by atoms with Gasteiger partial charge < -0.3 is 9.80 Å². The van der Waals surface area contributed by atoms with E-state index < -0.39 is 0 Å². The third-order valence-corrected chi connectivity index (χ3v) is 5.12. The fraction of sp³-hybridized carbons (Fsp3) is 0.647. The molecule has 2 aliphatic rings. The summed E-state index contributed by atoms with van der Waals surface area (Å²) in [4.78, 5) is 22.7. The summed E-state index contributed by atoms with van der Waals surface area (Å²) in [5.41, 5.74) is 1.50. The Morgan fingerprint density at radius 1 is 1.23 bits per heavy atom. The molecule has 5 nitrogen and oxygen atoms in total. The van der Waals surface area contributed by atoms with E-state index in [1.807, 2.05) is 31.3 Å². The molecule has 0 atom stereocenters. The second kappa shape index (κ2) is 6.24. The number of carbonyl (C=O) groups excluding carboxylic acids is 1. The van der Waals surface area contributed by atoms with Crippen molar-refractivity contribution in [1.29, 1.82) is 0 Å². The number of hydrogen-bond donors (Lipinski definition) is 0. The number of urea groups is 1. The summed E-state index contributed by atoms with van der Waals surface area (Å²) < 4.78 is 0. The molecular weight excluding hydrogens is 276 g/mol. The molecule has 2 aliphatic heterocycles. The Labute approximate surface area is 132 Å². The van der Waals surface area contributed by atoms with Gasteiger partial charge in [0.25, 0.3) is 0 Å². The number of amides is 2. The highest BCUT2D eigenvalue weighted by atomic mass is 16.2. The molecule has 0 radical (unpaired) electrons. The first-order valence-electron chi connectivity index (χ1n) is 8.17. The van der Waals surface area contributed by atoms with Gasteiger partial charge in [-0.1, -0.05) is 6.07 Å². The van der Waals surface area contributed by atoms with E-state index in [0.29, 0.717) is 5.41 Å². The van der Waals surface area contributed by atoms with E-state index in [2.05, 4.69) is 22.0 Å². The van der Waals surface area contributed by atoms with Gasteiger partial charge in [0.1, 0.15) is 0 Å². The SMILES string of the molecule is CN(C)C(=O)N1CCC2(CCN(Cc3ccccn3)CC2)C1. The highest BCUT2D eigenvalue weighted by Crippen LogP contribution is 2.40. The number of carbonyl (C=O) groups is 1. The van der Waals surface area contributed by atoms with Crippen molar-refractivity contribution in [1.82, 2.24) is 19.7 Å². The molecule has 3 rings (SSSR count). The van der Waals surface area contributed by atoms with Crippen LogP contribution in [0, 0.1) is 5.41 Å². The monoisotopic (exact) mass is 302 g/mol. The largest absolute Gasteiger partial charge is 0.331 e. The quantitative estimate of drug-likeness (QED) is 0.839. The summed E-state index contributed by atoms with van der Waals surface area (Å²) in [6.07, 6.45) is 5.40. The fourth-order valence-electron chi connectivity index (χ4n) is 3.70. The van der Waals surface area contributed by atoms with Crippen molar-refractivity contribution < 1.29 is 4.79 Å². The predicted octanol–water partition coefficient (Wildman–Crippen LogP) is 2.05. The van der Waals surface area contributed by atoms with Crippen molar-refractivity contribution in [2.75, 3.05) is 40.3 Å². The van der Waals surface area contributed by atoms with Gasteiger partial charge in [0, 0.05) is 39.9 Å². The van der Waals surface area contributed by atoms with E-state index in [1.54, 1.807) is 4.90 Å². The van der Waals surface area contributed by atoms with Crippen LogP contribution in [0.15, 0.2) is 24.4 Å². The van der Waals surface area contributed by atoms with Crippen molar-refractivity contribution in [3.63, 3.8) is 0 Å². The van der Waals surface area contributed by atoms with Crippen LogP contribution in [-0.4, -0.2) is 66.0 Å². The lowest BCUT2D eigenvalue weighted by Crippen LogP contribution is -2.43. The highest BCUT2D eigenvalue weighted by Gasteiger charge is 2.42. The van der Waals surface area contributed by atoms with Crippen LogP contribution in [0.25, 0.3) is 0 Å². The second-order valence-electron chi connectivity index (χ2n) is 6.95. The minimum Gasteiger partial charge on any atom is -0.331 e. The van der Waals surface area contributed by atoms with Gasteiger partial charge in [-0.2, -0.15) is 0 Å². The smallest absolute Gasteiger partial charge is 0.319 e. The first kappa shape index (κ1) is 15.3. The summed E-state index contributed by atoms with van der Waals surface area (Å²) in [7, 11) is 3.67. The van der Waals surface area contributed by atoms with Crippen molar-refractivity contribution >= 4 is 6.03 Å². The molecule has 1 aromatic rings. The van der Waals surface area contributed by atoms with Gasteiger partial charge in [-0.15, -0.1) is 0 Å². The Morgan fingerprint density at radius 3 is 2.59 bits per heavy atom. The topological polar surface area (TPSA) is 39.7 Å². The Hall–Kier alpha value is -1.62. The maximum Gasteiger partial charge on any atom is 0.319 e. The zero-order valence-corrected chi connectivity index (χ0v) is 13.7. The van der Waals surface area contributed by atoms with Crippen LogP contribution in [-0.2, 0) is 6.54 Å². The number of likely N-dealkylation sites (tertiary alicyclic amines) is 2. The molecule has 120 valence electrons. The predicted molar refractivity (Wildman–Crippen MR) is 86.5 cm³/mol. The Morgan fingerprint density at radius 2 is 1.95 bits per heavy atom. The van der Waals surface area contributed by atoms with Gasteiger partial charge in [-0.25, -0.2) is 4.79 Å². The third kappa shape index (κ3) is 3.24. The van der Waals surface area contributed by atoms with E-state index in [9.17, 15) is 4.79 Å². The van der Waals surface area contributed by atoms with Gasteiger partial charge in [-0.05, 0) is 49.9 Å².